The largest absolute Gasteiger partial charge is 0.354 e. The van der Waals surface area contributed by atoms with Crippen molar-refractivity contribution in [3.8, 4) is 0 Å². The Hall–Kier alpha value is -2.96. The van der Waals surface area contributed by atoms with E-state index >= 15 is 0 Å². The summed E-state index contributed by atoms with van der Waals surface area (Å²) >= 11 is 0. The monoisotopic (exact) mass is 409 g/mol. The molecule has 0 saturated heterocycles. The molecule has 3 rings (SSSR count). The fourth-order valence-electron chi connectivity index (χ4n) is 3.70. The lowest BCUT2D eigenvalue weighted by atomic mass is 9.97. The van der Waals surface area contributed by atoms with E-state index in [1.165, 1.54) is 5.56 Å². The highest BCUT2D eigenvalue weighted by atomic mass is 16.2. The predicted octanol–water partition coefficient (Wildman–Crippen LogP) is 3.28. The van der Waals surface area contributed by atoms with Gasteiger partial charge >= 0.3 is 0 Å². The number of benzene rings is 1. The third kappa shape index (κ3) is 5.14. The summed E-state index contributed by atoms with van der Waals surface area (Å²) in [4.78, 5) is 29.7. The molecule has 0 spiro atoms. The highest BCUT2D eigenvalue weighted by Gasteiger charge is 2.16. The first-order valence-corrected chi connectivity index (χ1v) is 10.8. The zero-order valence-corrected chi connectivity index (χ0v) is 18.1. The average molecular weight is 410 g/mol. The van der Waals surface area contributed by atoms with Crippen molar-refractivity contribution < 1.29 is 4.79 Å². The lowest BCUT2D eigenvalue weighted by molar-refractivity contribution is -0.125. The SMILES string of the molecule is CCCC(CCC)C(=O)NCCn1ncc2c(=O)n(Cc3ccc(C)cc3)cnc21. The van der Waals surface area contributed by atoms with Crippen LogP contribution in [0, 0.1) is 12.8 Å². The molecule has 0 atom stereocenters. The fraction of sp³-hybridized carbons (Fsp3) is 0.478. The number of rotatable bonds is 10. The molecule has 0 aliphatic heterocycles. The number of carbonyl (C=O) groups is 1. The van der Waals surface area contributed by atoms with Gasteiger partial charge in [-0.2, -0.15) is 5.10 Å². The molecule has 0 aliphatic carbocycles. The van der Waals surface area contributed by atoms with E-state index < -0.39 is 0 Å². The highest BCUT2D eigenvalue weighted by Crippen LogP contribution is 2.13. The lowest BCUT2D eigenvalue weighted by Crippen LogP contribution is -2.33. The Kier molecular flexibility index (Phi) is 7.38. The van der Waals surface area contributed by atoms with Crippen molar-refractivity contribution in [3.05, 3.63) is 58.3 Å². The number of fused-ring (bicyclic) bond motifs is 1. The van der Waals surface area contributed by atoms with Crippen molar-refractivity contribution in [2.24, 2.45) is 5.92 Å². The molecule has 7 heteroatoms. The van der Waals surface area contributed by atoms with Gasteiger partial charge in [-0.15, -0.1) is 0 Å². The van der Waals surface area contributed by atoms with Crippen LogP contribution in [-0.2, 0) is 17.9 Å². The van der Waals surface area contributed by atoms with Gasteiger partial charge in [0.25, 0.3) is 5.56 Å². The van der Waals surface area contributed by atoms with Crippen molar-refractivity contribution in [1.82, 2.24) is 24.6 Å². The van der Waals surface area contributed by atoms with Crippen LogP contribution in [0.1, 0.15) is 50.7 Å². The van der Waals surface area contributed by atoms with E-state index in [-0.39, 0.29) is 17.4 Å². The summed E-state index contributed by atoms with van der Waals surface area (Å²) in [5.74, 6) is 0.171. The van der Waals surface area contributed by atoms with E-state index in [0.29, 0.717) is 30.7 Å². The standard InChI is InChI=1S/C23H31N5O2/c1-4-6-19(7-5-2)22(29)24-12-13-28-21-20(14-26-28)23(30)27(16-25-21)15-18-10-8-17(3)9-11-18/h8-11,14,16,19H,4-7,12-13,15H2,1-3H3,(H,24,29). The normalized spacial score (nSPS) is 11.3. The molecule has 3 aromatic rings. The van der Waals surface area contributed by atoms with Crippen molar-refractivity contribution in [3.63, 3.8) is 0 Å². The van der Waals surface area contributed by atoms with Gasteiger partial charge in [-0.05, 0) is 25.3 Å². The van der Waals surface area contributed by atoms with Crippen LogP contribution in [0.25, 0.3) is 11.0 Å². The first kappa shape index (κ1) is 21.7. The quantitative estimate of drug-likeness (QED) is 0.557. The van der Waals surface area contributed by atoms with Gasteiger partial charge in [-0.25, -0.2) is 9.67 Å². The van der Waals surface area contributed by atoms with Crippen LogP contribution >= 0.6 is 0 Å². The molecule has 0 radical (unpaired) electrons. The highest BCUT2D eigenvalue weighted by molar-refractivity contribution is 5.78. The Bertz CT molecular complexity index is 1030. The van der Waals surface area contributed by atoms with Crippen LogP contribution in [0.5, 0.6) is 0 Å². The summed E-state index contributed by atoms with van der Waals surface area (Å²) in [5.41, 5.74) is 2.67. The average Bonchev–Trinajstić information content (AvgIpc) is 3.15. The van der Waals surface area contributed by atoms with E-state index in [4.69, 9.17) is 0 Å². The number of amides is 1. The maximum atomic E-state index is 12.8. The Balaban J connectivity index is 1.66. The molecule has 2 heterocycles. The minimum atomic E-state index is -0.109. The first-order chi connectivity index (χ1) is 14.5. The molecule has 0 unspecified atom stereocenters. The van der Waals surface area contributed by atoms with Gasteiger partial charge in [0.2, 0.25) is 5.91 Å². The Labute approximate surface area is 177 Å². The van der Waals surface area contributed by atoms with Gasteiger partial charge in [-0.1, -0.05) is 56.5 Å². The molecule has 0 saturated carbocycles. The molecule has 30 heavy (non-hydrogen) atoms. The summed E-state index contributed by atoms with van der Waals surface area (Å²) in [7, 11) is 0. The second-order valence-electron chi connectivity index (χ2n) is 7.83. The van der Waals surface area contributed by atoms with Gasteiger partial charge in [0.1, 0.15) is 11.7 Å². The van der Waals surface area contributed by atoms with Crippen molar-refractivity contribution in [1.29, 1.82) is 0 Å². The van der Waals surface area contributed by atoms with Gasteiger partial charge < -0.3 is 5.32 Å². The lowest BCUT2D eigenvalue weighted by Gasteiger charge is -2.15. The summed E-state index contributed by atoms with van der Waals surface area (Å²) in [5, 5.41) is 7.82. The molecule has 1 amide bonds. The minimum absolute atomic E-state index is 0.0708. The predicted molar refractivity (Wildman–Crippen MR) is 118 cm³/mol. The van der Waals surface area contributed by atoms with Crippen molar-refractivity contribution in [2.45, 2.75) is 59.5 Å². The number of nitrogens with zero attached hydrogens (tertiary/aromatic N) is 4. The van der Waals surface area contributed by atoms with E-state index in [1.807, 2.05) is 31.2 Å². The molecule has 0 bridgehead atoms. The molecule has 2 aromatic heterocycles. The molecular weight excluding hydrogens is 378 g/mol. The van der Waals surface area contributed by atoms with E-state index in [2.05, 4.69) is 29.2 Å². The van der Waals surface area contributed by atoms with E-state index in [0.717, 1.165) is 31.2 Å². The molecule has 0 fully saturated rings. The summed E-state index contributed by atoms with van der Waals surface area (Å²) in [6.45, 7) is 7.65. The van der Waals surface area contributed by atoms with Crippen LogP contribution in [0.2, 0.25) is 0 Å². The zero-order valence-electron chi connectivity index (χ0n) is 18.1. The Morgan fingerprint density at radius 1 is 1.13 bits per heavy atom. The maximum absolute atomic E-state index is 12.8. The van der Waals surface area contributed by atoms with Crippen LogP contribution in [0.3, 0.4) is 0 Å². The Morgan fingerprint density at radius 2 is 1.83 bits per heavy atom. The molecule has 1 aromatic carbocycles. The van der Waals surface area contributed by atoms with Crippen LogP contribution in [0.4, 0.5) is 0 Å². The van der Waals surface area contributed by atoms with Crippen molar-refractivity contribution >= 4 is 16.9 Å². The van der Waals surface area contributed by atoms with Gasteiger partial charge in [-0.3, -0.25) is 14.2 Å². The number of hydrogen-bond acceptors (Lipinski definition) is 4. The Morgan fingerprint density at radius 3 is 2.50 bits per heavy atom. The summed E-state index contributed by atoms with van der Waals surface area (Å²) in [6, 6.07) is 8.10. The van der Waals surface area contributed by atoms with Crippen LogP contribution in [-0.4, -0.2) is 31.8 Å². The number of nitrogens with one attached hydrogen (secondary N) is 1. The van der Waals surface area contributed by atoms with Gasteiger partial charge in [0.05, 0.1) is 19.3 Å². The van der Waals surface area contributed by atoms with Gasteiger partial charge in [0.15, 0.2) is 5.65 Å². The van der Waals surface area contributed by atoms with Crippen LogP contribution in [0.15, 0.2) is 41.6 Å². The smallest absolute Gasteiger partial charge is 0.264 e. The molecule has 0 aliphatic rings. The third-order valence-corrected chi connectivity index (χ3v) is 5.36. The number of hydrogen-bond donors (Lipinski definition) is 1. The first-order valence-electron chi connectivity index (χ1n) is 10.8. The number of aromatic nitrogens is 4. The third-order valence-electron chi connectivity index (χ3n) is 5.36. The van der Waals surface area contributed by atoms with E-state index in [1.54, 1.807) is 21.8 Å². The number of aryl methyl sites for hydroxylation is 1. The zero-order chi connectivity index (χ0) is 21.5. The summed E-state index contributed by atoms with van der Waals surface area (Å²) in [6.07, 6.45) is 6.95. The maximum Gasteiger partial charge on any atom is 0.264 e. The summed E-state index contributed by atoms with van der Waals surface area (Å²) < 4.78 is 3.28. The van der Waals surface area contributed by atoms with Crippen molar-refractivity contribution in [2.75, 3.05) is 6.54 Å². The topological polar surface area (TPSA) is 81.8 Å². The molecule has 1 N–H and O–H groups in total. The molecule has 160 valence electrons. The minimum Gasteiger partial charge on any atom is -0.354 e. The van der Waals surface area contributed by atoms with Gasteiger partial charge in [0, 0.05) is 12.5 Å². The fourth-order valence-corrected chi connectivity index (χ4v) is 3.70. The molecule has 7 nitrogen and oxygen atoms in total. The molecular formula is C23H31N5O2. The van der Waals surface area contributed by atoms with E-state index in [9.17, 15) is 9.59 Å². The number of carbonyl (C=O) groups excluding carboxylic acids is 1. The second kappa shape index (κ2) is 10.2. The second-order valence-corrected chi connectivity index (χ2v) is 7.83. The van der Waals surface area contributed by atoms with Crippen LogP contribution < -0.4 is 10.9 Å².